The molecule has 3 aromatic rings. The van der Waals surface area contributed by atoms with Gasteiger partial charge in [-0.05, 0) is 32.0 Å². The third kappa shape index (κ3) is 3.51. The average Bonchev–Trinajstić information content (AvgIpc) is 3.16. The minimum atomic E-state index is -0.947. The van der Waals surface area contributed by atoms with Gasteiger partial charge in [0.2, 0.25) is 5.82 Å². The van der Waals surface area contributed by atoms with Crippen molar-refractivity contribution in [1.29, 1.82) is 0 Å². The number of nitrogens with zero attached hydrogens (tertiary/aromatic N) is 3. The summed E-state index contributed by atoms with van der Waals surface area (Å²) in [6.07, 6.45) is 0. The van der Waals surface area contributed by atoms with Gasteiger partial charge in [0, 0.05) is 24.8 Å². The highest BCUT2D eigenvalue weighted by Gasteiger charge is 2.18. The SMILES string of the molecule is CCN(CC)c1nc2sc(C(=O)Nc3ccc(F)c([N+](=O)[O-])c3)cc2s1. The molecule has 2 aromatic heterocycles. The van der Waals surface area contributed by atoms with Crippen molar-refractivity contribution in [3.8, 4) is 0 Å². The Morgan fingerprint density at radius 2 is 2.04 bits per heavy atom. The van der Waals surface area contributed by atoms with Crippen molar-refractivity contribution in [1.82, 2.24) is 4.98 Å². The molecular formula is C16H15FN4O3S2. The minimum Gasteiger partial charge on any atom is -0.349 e. The van der Waals surface area contributed by atoms with Crippen LogP contribution in [0.15, 0.2) is 24.3 Å². The number of anilines is 2. The number of carbonyl (C=O) groups excluding carboxylic acids is 1. The van der Waals surface area contributed by atoms with Crippen molar-refractivity contribution in [2.45, 2.75) is 13.8 Å². The van der Waals surface area contributed by atoms with Gasteiger partial charge in [-0.25, -0.2) is 4.98 Å². The lowest BCUT2D eigenvalue weighted by molar-refractivity contribution is -0.387. The van der Waals surface area contributed by atoms with Crippen LogP contribution in [0.1, 0.15) is 23.5 Å². The van der Waals surface area contributed by atoms with Gasteiger partial charge in [-0.3, -0.25) is 14.9 Å². The van der Waals surface area contributed by atoms with E-state index in [9.17, 15) is 19.3 Å². The molecule has 0 aliphatic carbocycles. The Kier molecular flexibility index (Phi) is 5.14. The van der Waals surface area contributed by atoms with E-state index < -0.39 is 22.3 Å². The number of nitrogens with one attached hydrogen (secondary N) is 1. The van der Waals surface area contributed by atoms with Crippen LogP contribution in [0, 0.1) is 15.9 Å². The van der Waals surface area contributed by atoms with E-state index in [0.29, 0.717) is 4.88 Å². The number of rotatable bonds is 6. The summed E-state index contributed by atoms with van der Waals surface area (Å²) in [5, 5.41) is 14.3. The van der Waals surface area contributed by atoms with Gasteiger partial charge >= 0.3 is 5.69 Å². The van der Waals surface area contributed by atoms with Gasteiger partial charge < -0.3 is 10.2 Å². The molecule has 10 heteroatoms. The Balaban J connectivity index is 1.81. The van der Waals surface area contributed by atoms with E-state index >= 15 is 0 Å². The Morgan fingerprint density at radius 1 is 1.31 bits per heavy atom. The topological polar surface area (TPSA) is 88.4 Å². The van der Waals surface area contributed by atoms with Crippen LogP contribution < -0.4 is 10.2 Å². The largest absolute Gasteiger partial charge is 0.349 e. The zero-order valence-electron chi connectivity index (χ0n) is 14.0. The van der Waals surface area contributed by atoms with Crippen LogP contribution in [0.4, 0.5) is 20.9 Å². The molecule has 3 rings (SSSR count). The number of thiophene rings is 1. The molecule has 1 N–H and O–H groups in total. The lowest BCUT2D eigenvalue weighted by Crippen LogP contribution is -2.21. The fourth-order valence-electron chi connectivity index (χ4n) is 2.39. The highest BCUT2D eigenvalue weighted by molar-refractivity contribution is 7.29. The standard InChI is InChI=1S/C16H15FN4O3S2/c1-3-20(4-2)16-19-15-13(26-16)8-12(25-15)14(22)18-9-5-6-10(17)11(7-9)21(23)24/h5-8H,3-4H2,1-2H3,(H,18,22). The molecule has 1 amide bonds. The maximum absolute atomic E-state index is 13.4. The molecule has 2 heterocycles. The van der Waals surface area contributed by atoms with Gasteiger partial charge in [0.25, 0.3) is 5.91 Å². The first-order chi connectivity index (χ1) is 12.4. The molecule has 0 atom stereocenters. The monoisotopic (exact) mass is 394 g/mol. The number of amides is 1. The molecule has 0 bridgehead atoms. The molecule has 0 fully saturated rings. The molecule has 0 saturated carbocycles. The van der Waals surface area contributed by atoms with Gasteiger partial charge in [-0.2, -0.15) is 4.39 Å². The van der Waals surface area contributed by atoms with E-state index in [1.807, 2.05) is 0 Å². The highest BCUT2D eigenvalue weighted by atomic mass is 32.1. The lowest BCUT2D eigenvalue weighted by Gasteiger charge is -2.16. The van der Waals surface area contributed by atoms with Crippen LogP contribution in [0.25, 0.3) is 9.53 Å². The number of hydrogen-bond acceptors (Lipinski definition) is 7. The highest BCUT2D eigenvalue weighted by Crippen LogP contribution is 2.35. The van der Waals surface area contributed by atoms with Gasteiger partial charge in [0.15, 0.2) is 5.13 Å². The van der Waals surface area contributed by atoms with Crippen molar-refractivity contribution in [3.63, 3.8) is 0 Å². The first kappa shape index (κ1) is 18.2. The first-order valence-corrected chi connectivity index (χ1v) is 9.46. The molecule has 0 unspecified atom stereocenters. The summed E-state index contributed by atoms with van der Waals surface area (Å²) >= 11 is 2.76. The molecule has 26 heavy (non-hydrogen) atoms. The average molecular weight is 394 g/mol. The lowest BCUT2D eigenvalue weighted by atomic mass is 10.2. The fourth-order valence-corrected chi connectivity index (χ4v) is 4.62. The van der Waals surface area contributed by atoms with E-state index in [4.69, 9.17) is 0 Å². The maximum Gasteiger partial charge on any atom is 0.306 e. The number of fused-ring (bicyclic) bond motifs is 1. The molecular weight excluding hydrogens is 379 g/mol. The summed E-state index contributed by atoms with van der Waals surface area (Å²) in [6.45, 7) is 5.82. The summed E-state index contributed by atoms with van der Waals surface area (Å²) < 4.78 is 14.3. The van der Waals surface area contributed by atoms with E-state index in [1.165, 1.54) is 28.7 Å². The number of carbonyl (C=O) groups is 1. The van der Waals surface area contributed by atoms with Crippen LogP contribution >= 0.6 is 22.7 Å². The summed E-state index contributed by atoms with van der Waals surface area (Å²) in [5.74, 6) is -1.36. The molecule has 1 aromatic carbocycles. The van der Waals surface area contributed by atoms with Crippen molar-refractivity contribution in [3.05, 3.63) is 45.1 Å². The Bertz CT molecular complexity index is 950. The van der Waals surface area contributed by atoms with Gasteiger partial charge in [-0.1, -0.05) is 11.3 Å². The molecule has 0 spiro atoms. The second-order valence-corrected chi connectivity index (χ2v) is 7.37. The number of halogens is 1. The van der Waals surface area contributed by atoms with Gasteiger partial charge in [0.1, 0.15) is 4.83 Å². The van der Waals surface area contributed by atoms with Crippen molar-refractivity contribution < 1.29 is 14.1 Å². The molecule has 0 aliphatic rings. The van der Waals surface area contributed by atoms with Crippen molar-refractivity contribution >= 4 is 54.6 Å². The minimum absolute atomic E-state index is 0.164. The normalized spacial score (nSPS) is 10.9. The van der Waals surface area contributed by atoms with Crippen LogP contribution in [0.3, 0.4) is 0 Å². The quantitative estimate of drug-likeness (QED) is 0.491. The first-order valence-electron chi connectivity index (χ1n) is 7.83. The molecule has 0 aliphatic heterocycles. The zero-order valence-corrected chi connectivity index (χ0v) is 15.6. The number of thiazole rings is 1. The van der Waals surface area contributed by atoms with Gasteiger partial charge in [0.05, 0.1) is 14.5 Å². The smallest absolute Gasteiger partial charge is 0.306 e. The number of nitro benzene ring substituents is 1. The van der Waals surface area contributed by atoms with E-state index in [-0.39, 0.29) is 5.69 Å². The van der Waals surface area contributed by atoms with Crippen LogP contribution in [0.5, 0.6) is 0 Å². The zero-order chi connectivity index (χ0) is 18.8. The Labute approximate surface area is 156 Å². The second-order valence-electron chi connectivity index (χ2n) is 5.33. The van der Waals surface area contributed by atoms with E-state index in [1.54, 1.807) is 6.07 Å². The second kappa shape index (κ2) is 7.34. The third-order valence-electron chi connectivity index (χ3n) is 3.74. The number of hydrogen-bond donors (Lipinski definition) is 1. The molecule has 136 valence electrons. The predicted octanol–water partition coefficient (Wildman–Crippen LogP) is 4.50. The Morgan fingerprint density at radius 3 is 2.65 bits per heavy atom. The summed E-state index contributed by atoms with van der Waals surface area (Å²) in [5.41, 5.74) is -0.517. The van der Waals surface area contributed by atoms with Crippen molar-refractivity contribution in [2.24, 2.45) is 0 Å². The van der Waals surface area contributed by atoms with E-state index in [0.717, 1.165) is 39.9 Å². The fraction of sp³-hybridized carbons (Fsp3) is 0.250. The van der Waals surface area contributed by atoms with Crippen LogP contribution in [-0.4, -0.2) is 28.9 Å². The van der Waals surface area contributed by atoms with E-state index in [2.05, 4.69) is 29.0 Å². The third-order valence-corrected chi connectivity index (χ3v) is 5.96. The summed E-state index contributed by atoms with van der Waals surface area (Å²) in [4.78, 5) is 30.2. The van der Waals surface area contributed by atoms with Crippen molar-refractivity contribution in [2.75, 3.05) is 23.3 Å². The summed E-state index contributed by atoms with van der Waals surface area (Å²) in [6, 6.07) is 4.99. The predicted molar refractivity (Wildman–Crippen MR) is 102 cm³/mol. The number of aromatic nitrogens is 1. The number of benzene rings is 1. The molecule has 0 radical (unpaired) electrons. The number of nitro groups is 1. The maximum atomic E-state index is 13.4. The molecule has 0 saturated heterocycles. The summed E-state index contributed by atoms with van der Waals surface area (Å²) in [7, 11) is 0. The van der Waals surface area contributed by atoms with Crippen LogP contribution in [0.2, 0.25) is 0 Å². The van der Waals surface area contributed by atoms with Gasteiger partial charge in [-0.15, -0.1) is 11.3 Å². The Hall–Kier alpha value is -2.59. The molecule has 7 nitrogen and oxygen atoms in total. The van der Waals surface area contributed by atoms with Crippen LogP contribution in [-0.2, 0) is 0 Å².